The summed E-state index contributed by atoms with van der Waals surface area (Å²) in [6, 6.07) is 6.80. The molecule has 18 heavy (non-hydrogen) atoms. The molecule has 0 N–H and O–H groups in total. The summed E-state index contributed by atoms with van der Waals surface area (Å²) < 4.78 is 65.6. The first-order chi connectivity index (χ1) is 8.22. The van der Waals surface area contributed by atoms with E-state index in [1.165, 1.54) is 0 Å². The molecule has 1 rings (SSSR count). The van der Waals surface area contributed by atoms with Crippen LogP contribution in [0, 0.1) is 6.92 Å². The van der Waals surface area contributed by atoms with Crippen LogP contribution in [0.1, 0.15) is 18.4 Å². The van der Waals surface area contributed by atoms with Gasteiger partial charge in [0.15, 0.2) is 0 Å². The minimum atomic E-state index is -5.49. The molecule has 0 atom stereocenters. The van der Waals surface area contributed by atoms with Crippen LogP contribution in [-0.4, -0.2) is 18.7 Å². The fraction of sp³-hybridized carbons (Fsp3) is 0.500. The van der Waals surface area contributed by atoms with Crippen LogP contribution in [0.25, 0.3) is 0 Å². The van der Waals surface area contributed by atoms with Crippen LogP contribution < -0.4 is 4.74 Å². The molecule has 0 saturated heterocycles. The maximum atomic E-state index is 12.5. The smallest absolute Gasteiger partial charge is 0.453 e. The van der Waals surface area contributed by atoms with Crippen molar-refractivity contribution in [1.82, 2.24) is 0 Å². The average molecular weight is 268 g/mol. The van der Waals surface area contributed by atoms with E-state index >= 15 is 0 Å². The quantitative estimate of drug-likeness (QED) is 0.569. The number of hydrogen-bond donors (Lipinski definition) is 0. The predicted octanol–water partition coefficient (Wildman–Crippen LogP) is 4.35. The van der Waals surface area contributed by atoms with Gasteiger partial charge in [0.2, 0.25) is 0 Å². The molecule has 0 heterocycles. The lowest BCUT2D eigenvalue weighted by molar-refractivity contribution is -0.284. The molecule has 0 aromatic heterocycles. The first-order valence-corrected chi connectivity index (χ1v) is 5.36. The molecule has 6 heteroatoms. The van der Waals surface area contributed by atoms with Gasteiger partial charge >= 0.3 is 12.1 Å². The molecule has 1 nitrogen and oxygen atoms in total. The zero-order chi connectivity index (χ0) is 13.8. The van der Waals surface area contributed by atoms with Gasteiger partial charge in [0, 0.05) is 6.42 Å². The molecular formula is C12H13F5O. The van der Waals surface area contributed by atoms with E-state index < -0.39 is 18.5 Å². The van der Waals surface area contributed by atoms with E-state index in [2.05, 4.69) is 0 Å². The molecule has 1 aromatic rings. The number of rotatable bonds is 5. The standard InChI is InChI=1S/C12H13F5O/c1-9-3-5-10(6-4-9)18-8-2-7-11(13,14)12(15,16)17/h3-6H,2,7-8H2,1H3. The van der Waals surface area contributed by atoms with Crippen molar-refractivity contribution in [3.8, 4) is 5.75 Å². The predicted molar refractivity (Wildman–Crippen MR) is 56.9 cm³/mol. The van der Waals surface area contributed by atoms with E-state index in [4.69, 9.17) is 4.74 Å². The summed E-state index contributed by atoms with van der Waals surface area (Å²) >= 11 is 0. The van der Waals surface area contributed by atoms with Crippen molar-refractivity contribution in [2.24, 2.45) is 0 Å². The molecule has 0 unspecified atom stereocenters. The Kier molecular flexibility index (Phi) is 4.53. The maximum absolute atomic E-state index is 12.5. The summed E-state index contributed by atoms with van der Waals surface area (Å²) in [6.45, 7) is 1.70. The van der Waals surface area contributed by atoms with Gasteiger partial charge in [0.05, 0.1) is 6.61 Å². The summed E-state index contributed by atoms with van der Waals surface area (Å²) in [6.07, 6.45) is -7.11. The van der Waals surface area contributed by atoms with Crippen molar-refractivity contribution in [2.45, 2.75) is 31.9 Å². The lowest BCUT2D eigenvalue weighted by Gasteiger charge is -2.19. The zero-order valence-electron chi connectivity index (χ0n) is 9.73. The molecule has 0 radical (unpaired) electrons. The first kappa shape index (κ1) is 14.7. The molecule has 0 saturated carbocycles. The number of aryl methyl sites for hydroxylation is 1. The van der Waals surface area contributed by atoms with Gasteiger partial charge in [-0.2, -0.15) is 22.0 Å². The van der Waals surface area contributed by atoms with E-state index in [1.54, 1.807) is 24.3 Å². The summed E-state index contributed by atoms with van der Waals surface area (Å²) in [5.41, 5.74) is 1.01. The fourth-order valence-electron chi connectivity index (χ4n) is 1.26. The minimum Gasteiger partial charge on any atom is -0.494 e. The maximum Gasteiger partial charge on any atom is 0.453 e. The second-order valence-corrected chi connectivity index (χ2v) is 3.97. The van der Waals surface area contributed by atoms with Crippen molar-refractivity contribution in [2.75, 3.05) is 6.61 Å². The van der Waals surface area contributed by atoms with Crippen LogP contribution in [0.4, 0.5) is 22.0 Å². The highest BCUT2D eigenvalue weighted by Crippen LogP contribution is 2.38. The van der Waals surface area contributed by atoms with E-state index in [9.17, 15) is 22.0 Å². The SMILES string of the molecule is Cc1ccc(OCCCC(F)(F)C(F)(F)F)cc1. The topological polar surface area (TPSA) is 9.23 Å². The van der Waals surface area contributed by atoms with Crippen LogP contribution in [0.3, 0.4) is 0 Å². The van der Waals surface area contributed by atoms with E-state index in [0.717, 1.165) is 5.56 Å². The van der Waals surface area contributed by atoms with Gasteiger partial charge in [0.1, 0.15) is 5.75 Å². The number of hydrogen-bond acceptors (Lipinski definition) is 1. The summed E-state index contributed by atoms with van der Waals surface area (Å²) in [5, 5.41) is 0. The molecule has 0 aliphatic rings. The first-order valence-electron chi connectivity index (χ1n) is 5.36. The zero-order valence-corrected chi connectivity index (χ0v) is 9.73. The molecular weight excluding hydrogens is 255 g/mol. The second kappa shape index (κ2) is 5.54. The van der Waals surface area contributed by atoms with Crippen LogP contribution in [0.2, 0.25) is 0 Å². The fourth-order valence-corrected chi connectivity index (χ4v) is 1.26. The van der Waals surface area contributed by atoms with Gasteiger partial charge in [-0.15, -0.1) is 0 Å². The highest BCUT2D eigenvalue weighted by Gasteiger charge is 2.56. The lowest BCUT2D eigenvalue weighted by atomic mass is 10.2. The Bertz CT molecular complexity index is 369. The van der Waals surface area contributed by atoms with Crippen molar-refractivity contribution < 1.29 is 26.7 Å². The van der Waals surface area contributed by atoms with Crippen molar-refractivity contribution in [3.05, 3.63) is 29.8 Å². The highest BCUT2D eigenvalue weighted by molar-refractivity contribution is 5.26. The molecule has 0 aliphatic carbocycles. The molecule has 0 aliphatic heterocycles. The second-order valence-electron chi connectivity index (χ2n) is 3.97. The van der Waals surface area contributed by atoms with Gasteiger partial charge in [0.25, 0.3) is 0 Å². The molecule has 102 valence electrons. The largest absolute Gasteiger partial charge is 0.494 e. The third-order valence-electron chi connectivity index (χ3n) is 2.34. The van der Waals surface area contributed by atoms with Crippen LogP contribution in [0.5, 0.6) is 5.75 Å². The van der Waals surface area contributed by atoms with Crippen LogP contribution in [0.15, 0.2) is 24.3 Å². The normalized spacial score (nSPS) is 12.6. The molecule has 0 amide bonds. The van der Waals surface area contributed by atoms with E-state index in [-0.39, 0.29) is 13.0 Å². The Balaban J connectivity index is 2.33. The molecule has 0 bridgehead atoms. The number of alkyl halides is 5. The Morgan fingerprint density at radius 3 is 2.06 bits per heavy atom. The Labute approximate surface area is 102 Å². The highest BCUT2D eigenvalue weighted by atomic mass is 19.4. The van der Waals surface area contributed by atoms with Crippen molar-refractivity contribution in [1.29, 1.82) is 0 Å². The van der Waals surface area contributed by atoms with Gasteiger partial charge in [-0.05, 0) is 25.5 Å². The van der Waals surface area contributed by atoms with Gasteiger partial charge in [-0.3, -0.25) is 0 Å². The van der Waals surface area contributed by atoms with Crippen molar-refractivity contribution >= 4 is 0 Å². The van der Waals surface area contributed by atoms with Gasteiger partial charge in [-0.25, -0.2) is 0 Å². The van der Waals surface area contributed by atoms with Gasteiger partial charge in [-0.1, -0.05) is 17.7 Å². The summed E-state index contributed by atoms with van der Waals surface area (Å²) in [4.78, 5) is 0. The number of ether oxygens (including phenoxy) is 1. The lowest BCUT2D eigenvalue weighted by Crippen LogP contribution is -2.36. The van der Waals surface area contributed by atoms with Crippen LogP contribution in [-0.2, 0) is 0 Å². The molecule has 0 spiro atoms. The Morgan fingerprint density at radius 1 is 1.00 bits per heavy atom. The van der Waals surface area contributed by atoms with Gasteiger partial charge < -0.3 is 4.74 Å². The summed E-state index contributed by atoms with van der Waals surface area (Å²) in [5.74, 6) is -4.19. The third-order valence-corrected chi connectivity index (χ3v) is 2.34. The van der Waals surface area contributed by atoms with E-state index in [0.29, 0.717) is 5.75 Å². The molecule has 1 aromatic carbocycles. The summed E-state index contributed by atoms with van der Waals surface area (Å²) in [7, 11) is 0. The minimum absolute atomic E-state index is 0.172. The van der Waals surface area contributed by atoms with Crippen LogP contribution >= 0.6 is 0 Å². The molecule has 0 fully saturated rings. The average Bonchev–Trinajstić information content (AvgIpc) is 2.25. The third kappa shape index (κ3) is 4.16. The Hall–Kier alpha value is -1.33. The monoisotopic (exact) mass is 268 g/mol. The van der Waals surface area contributed by atoms with E-state index in [1.807, 2.05) is 6.92 Å². The Morgan fingerprint density at radius 2 is 1.56 bits per heavy atom. The van der Waals surface area contributed by atoms with Crippen molar-refractivity contribution in [3.63, 3.8) is 0 Å². The number of halogens is 5. The number of benzene rings is 1.